The van der Waals surface area contributed by atoms with Gasteiger partial charge in [-0.3, -0.25) is 0 Å². The van der Waals surface area contributed by atoms with Gasteiger partial charge in [0.05, 0.1) is 17.8 Å². The van der Waals surface area contributed by atoms with Gasteiger partial charge < -0.3 is 9.47 Å². The lowest BCUT2D eigenvalue weighted by Gasteiger charge is -2.06. The van der Waals surface area contributed by atoms with Crippen LogP contribution in [-0.2, 0) is 0 Å². The summed E-state index contributed by atoms with van der Waals surface area (Å²) < 4.78 is 11.5. The normalized spacial score (nSPS) is 10.2. The summed E-state index contributed by atoms with van der Waals surface area (Å²) in [6, 6.07) is 14.2. The topological polar surface area (TPSA) is 18.5 Å². The van der Waals surface area contributed by atoms with E-state index in [1.807, 2.05) is 18.2 Å². The van der Waals surface area contributed by atoms with Gasteiger partial charge in [-0.05, 0) is 65.1 Å². The van der Waals surface area contributed by atoms with Gasteiger partial charge in [-0.25, -0.2) is 0 Å². The number of benzene rings is 2. The number of hydrogen-bond donors (Lipinski definition) is 0. The van der Waals surface area contributed by atoms with Crippen LogP contribution >= 0.6 is 34.4 Å². The van der Waals surface area contributed by atoms with E-state index in [2.05, 4.69) is 46.9 Å². The summed E-state index contributed by atoms with van der Waals surface area (Å²) in [5, 5.41) is 0. The molecule has 0 N–H and O–H groups in total. The molecule has 0 saturated carbocycles. The van der Waals surface area contributed by atoms with Gasteiger partial charge in [0.1, 0.15) is 11.5 Å². The fourth-order valence-electron chi connectivity index (χ4n) is 1.49. The van der Waals surface area contributed by atoms with Crippen molar-refractivity contribution in [1.82, 2.24) is 0 Å². The summed E-state index contributed by atoms with van der Waals surface area (Å²) in [5.74, 6) is 1.79. The lowest BCUT2D eigenvalue weighted by Crippen LogP contribution is -1.86. The molecule has 0 spiro atoms. The van der Waals surface area contributed by atoms with Crippen molar-refractivity contribution in [1.29, 1.82) is 0 Å². The fraction of sp³-hybridized carbons (Fsp3) is 0.143. The molecule has 2 nitrogen and oxygen atoms in total. The predicted molar refractivity (Wildman–Crippen MR) is 82.8 cm³/mol. The molecule has 0 radical (unpaired) electrons. The van der Waals surface area contributed by atoms with Gasteiger partial charge in [-0.2, -0.15) is 0 Å². The van der Waals surface area contributed by atoms with Gasteiger partial charge in [0.15, 0.2) is 0 Å². The summed E-state index contributed by atoms with van der Waals surface area (Å²) >= 11 is 4.01. The number of halogens is 1. The zero-order valence-corrected chi connectivity index (χ0v) is 13.1. The molecule has 2 aromatic carbocycles. The number of methoxy groups -OCH3 is 2. The maximum absolute atomic E-state index is 5.25. The SMILES string of the molecule is COc1ccc(Sc2ccc(OC)c(I)c2)cc1. The first-order valence-corrected chi connectivity index (χ1v) is 7.28. The van der Waals surface area contributed by atoms with Crippen molar-refractivity contribution in [2.45, 2.75) is 9.79 Å². The van der Waals surface area contributed by atoms with Gasteiger partial charge in [0.2, 0.25) is 0 Å². The van der Waals surface area contributed by atoms with Crippen molar-refractivity contribution in [3.63, 3.8) is 0 Å². The van der Waals surface area contributed by atoms with Crippen LogP contribution in [0.4, 0.5) is 0 Å². The second kappa shape index (κ2) is 6.33. The van der Waals surface area contributed by atoms with Crippen LogP contribution in [0, 0.1) is 3.57 Å². The third kappa shape index (κ3) is 3.32. The molecule has 0 amide bonds. The van der Waals surface area contributed by atoms with Gasteiger partial charge in [0.25, 0.3) is 0 Å². The molecule has 0 unspecified atom stereocenters. The highest BCUT2D eigenvalue weighted by Gasteiger charge is 2.03. The lowest BCUT2D eigenvalue weighted by molar-refractivity contribution is 0.411. The predicted octanol–water partition coefficient (Wildman–Crippen LogP) is 4.46. The van der Waals surface area contributed by atoms with Crippen molar-refractivity contribution in [2.24, 2.45) is 0 Å². The van der Waals surface area contributed by atoms with Crippen molar-refractivity contribution in [3.8, 4) is 11.5 Å². The van der Waals surface area contributed by atoms with E-state index in [1.54, 1.807) is 26.0 Å². The highest BCUT2D eigenvalue weighted by atomic mass is 127. The van der Waals surface area contributed by atoms with Crippen molar-refractivity contribution in [3.05, 3.63) is 46.0 Å². The molecule has 0 aliphatic carbocycles. The first-order chi connectivity index (χ1) is 8.72. The summed E-state index contributed by atoms with van der Waals surface area (Å²) in [7, 11) is 3.36. The Bertz CT molecular complexity index is 526. The van der Waals surface area contributed by atoms with Crippen molar-refractivity contribution < 1.29 is 9.47 Å². The minimum Gasteiger partial charge on any atom is -0.497 e. The Kier molecular flexibility index (Phi) is 4.77. The van der Waals surface area contributed by atoms with E-state index in [-0.39, 0.29) is 0 Å². The second-order valence-electron chi connectivity index (χ2n) is 3.57. The largest absolute Gasteiger partial charge is 0.497 e. The molecule has 0 aliphatic heterocycles. The van der Waals surface area contributed by atoms with E-state index in [4.69, 9.17) is 9.47 Å². The molecule has 4 heteroatoms. The molecular weight excluding hydrogens is 359 g/mol. The smallest absolute Gasteiger partial charge is 0.132 e. The van der Waals surface area contributed by atoms with Crippen LogP contribution in [0.25, 0.3) is 0 Å². The number of hydrogen-bond acceptors (Lipinski definition) is 3. The minimum absolute atomic E-state index is 0.878. The van der Waals surface area contributed by atoms with Crippen LogP contribution in [0.5, 0.6) is 11.5 Å². The molecule has 0 aromatic heterocycles. The Hall–Kier alpha value is -0.880. The quantitative estimate of drug-likeness (QED) is 0.739. The average molecular weight is 372 g/mol. The fourth-order valence-corrected chi connectivity index (χ4v) is 3.29. The molecule has 0 aliphatic rings. The van der Waals surface area contributed by atoms with Gasteiger partial charge >= 0.3 is 0 Å². The Morgan fingerprint density at radius 1 is 0.889 bits per heavy atom. The molecule has 0 atom stereocenters. The zero-order valence-electron chi connectivity index (χ0n) is 10.1. The van der Waals surface area contributed by atoms with Crippen LogP contribution in [0.2, 0.25) is 0 Å². The Balaban J connectivity index is 2.15. The first-order valence-electron chi connectivity index (χ1n) is 5.38. The van der Waals surface area contributed by atoms with Crippen molar-refractivity contribution in [2.75, 3.05) is 14.2 Å². The third-order valence-electron chi connectivity index (χ3n) is 2.42. The maximum atomic E-state index is 5.25. The molecule has 0 heterocycles. The second-order valence-corrected chi connectivity index (χ2v) is 5.88. The summed E-state index contributed by atoms with van der Waals surface area (Å²) in [6.07, 6.45) is 0. The molecule has 0 saturated heterocycles. The van der Waals surface area contributed by atoms with Gasteiger partial charge in [0, 0.05) is 9.79 Å². The van der Waals surface area contributed by atoms with E-state index in [0.29, 0.717) is 0 Å². The highest BCUT2D eigenvalue weighted by molar-refractivity contribution is 14.1. The third-order valence-corrected chi connectivity index (χ3v) is 4.26. The molecular formula is C14H13IO2S. The van der Waals surface area contributed by atoms with Crippen molar-refractivity contribution >= 4 is 34.4 Å². The number of ether oxygens (including phenoxy) is 2. The zero-order chi connectivity index (χ0) is 13.0. The van der Waals surface area contributed by atoms with E-state index in [9.17, 15) is 0 Å². The van der Waals surface area contributed by atoms with Crippen LogP contribution in [0.1, 0.15) is 0 Å². The van der Waals surface area contributed by atoms with Crippen LogP contribution in [0.15, 0.2) is 52.3 Å². The van der Waals surface area contributed by atoms with Gasteiger partial charge in [-0.1, -0.05) is 11.8 Å². The molecule has 2 aromatic rings. The first kappa shape index (κ1) is 13.5. The standard InChI is InChI=1S/C14H13IO2S/c1-16-10-3-5-11(6-4-10)18-12-7-8-14(17-2)13(15)9-12/h3-9H,1-2H3. The van der Waals surface area contributed by atoms with E-state index < -0.39 is 0 Å². The number of rotatable bonds is 4. The lowest BCUT2D eigenvalue weighted by atomic mass is 10.3. The highest BCUT2D eigenvalue weighted by Crippen LogP contribution is 2.32. The van der Waals surface area contributed by atoms with E-state index in [1.165, 1.54) is 9.79 Å². The minimum atomic E-state index is 0.878. The van der Waals surface area contributed by atoms with Crippen LogP contribution in [-0.4, -0.2) is 14.2 Å². The van der Waals surface area contributed by atoms with E-state index >= 15 is 0 Å². The molecule has 94 valence electrons. The maximum Gasteiger partial charge on any atom is 0.132 e. The Labute approximate surface area is 125 Å². The Morgan fingerprint density at radius 2 is 1.56 bits per heavy atom. The average Bonchev–Trinajstić information content (AvgIpc) is 2.40. The van der Waals surface area contributed by atoms with Crippen LogP contribution < -0.4 is 9.47 Å². The summed E-state index contributed by atoms with van der Waals surface area (Å²) in [5.41, 5.74) is 0. The van der Waals surface area contributed by atoms with Gasteiger partial charge in [-0.15, -0.1) is 0 Å². The summed E-state index contributed by atoms with van der Waals surface area (Å²) in [4.78, 5) is 2.39. The molecule has 0 bridgehead atoms. The molecule has 18 heavy (non-hydrogen) atoms. The molecule has 0 fully saturated rings. The monoisotopic (exact) mass is 372 g/mol. The Morgan fingerprint density at radius 3 is 2.11 bits per heavy atom. The summed E-state index contributed by atoms with van der Waals surface area (Å²) in [6.45, 7) is 0. The van der Waals surface area contributed by atoms with Crippen LogP contribution in [0.3, 0.4) is 0 Å². The molecule has 2 rings (SSSR count). The van der Waals surface area contributed by atoms with E-state index in [0.717, 1.165) is 15.1 Å².